The van der Waals surface area contributed by atoms with Crippen LogP contribution in [0.3, 0.4) is 0 Å². The summed E-state index contributed by atoms with van der Waals surface area (Å²) >= 11 is 0. The molecule has 2 aromatic heterocycles. The van der Waals surface area contributed by atoms with Crippen LogP contribution < -0.4 is 0 Å². The van der Waals surface area contributed by atoms with Gasteiger partial charge in [0.15, 0.2) is 12.0 Å². The summed E-state index contributed by atoms with van der Waals surface area (Å²) in [5.41, 5.74) is 2.80. The minimum absolute atomic E-state index is 0.329. The monoisotopic (exact) mass is 273 g/mol. The lowest BCUT2D eigenvalue weighted by molar-refractivity contribution is 0.110. The first-order valence-electron chi connectivity index (χ1n) is 6.70. The maximum atomic E-state index is 10.9. The van der Waals surface area contributed by atoms with Crippen LogP contribution in [0.1, 0.15) is 10.6 Å². The fourth-order valence-corrected chi connectivity index (χ4v) is 2.66. The molecule has 2 heterocycles. The molecule has 2 aromatic carbocycles. The van der Waals surface area contributed by atoms with E-state index in [0.29, 0.717) is 11.5 Å². The van der Waals surface area contributed by atoms with Crippen LogP contribution in [0.25, 0.3) is 33.1 Å². The number of furan rings is 1. The molecule has 0 radical (unpaired) electrons. The van der Waals surface area contributed by atoms with Crippen LogP contribution in [0.5, 0.6) is 0 Å². The minimum Gasteiger partial charge on any atom is -0.453 e. The lowest BCUT2D eigenvalue weighted by Gasteiger charge is -2.08. The Labute approximate surface area is 120 Å². The molecule has 0 aliphatic rings. The van der Waals surface area contributed by atoms with Crippen molar-refractivity contribution in [1.29, 1.82) is 0 Å². The third kappa shape index (κ3) is 1.82. The Bertz CT molecular complexity index is 915. The van der Waals surface area contributed by atoms with Gasteiger partial charge in [0.2, 0.25) is 0 Å². The average Bonchev–Trinajstić information content (AvgIpc) is 3.01. The van der Waals surface area contributed by atoms with Crippen molar-refractivity contribution >= 4 is 28.1 Å². The predicted molar refractivity (Wildman–Crippen MR) is 82.3 cm³/mol. The number of carbonyl (C=O) groups is 1. The fourth-order valence-electron chi connectivity index (χ4n) is 2.66. The van der Waals surface area contributed by atoms with Gasteiger partial charge in [0.05, 0.1) is 11.0 Å². The third-order valence-corrected chi connectivity index (χ3v) is 3.58. The van der Waals surface area contributed by atoms with Gasteiger partial charge in [0.25, 0.3) is 0 Å². The zero-order valence-corrected chi connectivity index (χ0v) is 11.1. The molecule has 0 aliphatic heterocycles. The normalized spacial score (nSPS) is 11.0. The molecule has 0 fully saturated rings. The van der Waals surface area contributed by atoms with Crippen LogP contribution in [0.4, 0.5) is 0 Å². The van der Waals surface area contributed by atoms with Crippen molar-refractivity contribution in [3.05, 3.63) is 66.4 Å². The van der Waals surface area contributed by atoms with E-state index in [1.807, 2.05) is 54.6 Å². The van der Waals surface area contributed by atoms with Crippen molar-refractivity contribution in [3.8, 4) is 11.3 Å². The van der Waals surface area contributed by atoms with Crippen LogP contribution in [0.15, 0.2) is 65.1 Å². The van der Waals surface area contributed by atoms with Crippen LogP contribution in [0.2, 0.25) is 0 Å². The number of aldehydes is 1. The molecule has 0 saturated heterocycles. The summed E-state index contributed by atoms with van der Waals surface area (Å²) in [6.45, 7) is 0. The highest BCUT2D eigenvalue weighted by molar-refractivity contribution is 6.08. The van der Waals surface area contributed by atoms with E-state index < -0.39 is 0 Å². The fraction of sp³-hybridized carbons (Fsp3) is 0. The van der Waals surface area contributed by atoms with Crippen molar-refractivity contribution in [2.45, 2.75) is 0 Å². The van der Waals surface area contributed by atoms with Crippen LogP contribution in [-0.2, 0) is 0 Å². The van der Waals surface area contributed by atoms with E-state index in [9.17, 15) is 4.79 Å². The number of para-hydroxylation sites is 2. The quantitative estimate of drug-likeness (QED) is 0.400. The van der Waals surface area contributed by atoms with E-state index >= 15 is 0 Å². The summed E-state index contributed by atoms with van der Waals surface area (Å²) in [5.74, 6) is 1.02. The van der Waals surface area contributed by atoms with Crippen molar-refractivity contribution in [1.82, 2.24) is 4.98 Å². The van der Waals surface area contributed by atoms with Gasteiger partial charge < -0.3 is 4.42 Å². The lowest BCUT2D eigenvalue weighted by atomic mass is 10.0. The Morgan fingerprint density at radius 3 is 2.00 bits per heavy atom. The number of fused-ring (bicyclic) bond motifs is 2. The van der Waals surface area contributed by atoms with E-state index in [4.69, 9.17) is 4.42 Å². The predicted octanol–water partition coefficient (Wildman–Crippen LogP) is 4.46. The van der Waals surface area contributed by atoms with Crippen LogP contribution in [-0.4, -0.2) is 11.3 Å². The largest absolute Gasteiger partial charge is 0.453 e. The minimum atomic E-state index is 0.329. The lowest BCUT2D eigenvalue weighted by Crippen LogP contribution is -1.87. The van der Waals surface area contributed by atoms with E-state index in [0.717, 1.165) is 33.7 Å². The van der Waals surface area contributed by atoms with Crippen LogP contribution >= 0.6 is 0 Å². The second-order valence-electron chi connectivity index (χ2n) is 4.84. The van der Waals surface area contributed by atoms with Crippen molar-refractivity contribution in [2.75, 3.05) is 0 Å². The Balaban J connectivity index is 2.18. The summed E-state index contributed by atoms with van der Waals surface area (Å²) in [5, 5.41) is 2.03. The van der Waals surface area contributed by atoms with Gasteiger partial charge in [-0.2, -0.15) is 0 Å². The smallest absolute Gasteiger partial charge is 0.185 e. The third-order valence-electron chi connectivity index (χ3n) is 3.58. The molecule has 0 N–H and O–H groups in total. The molecule has 3 nitrogen and oxygen atoms in total. The topological polar surface area (TPSA) is 43.1 Å². The van der Waals surface area contributed by atoms with Gasteiger partial charge in [-0.15, -0.1) is 0 Å². The van der Waals surface area contributed by atoms with E-state index in [2.05, 4.69) is 4.98 Å². The van der Waals surface area contributed by atoms with Gasteiger partial charge in [-0.3, -0.25) is 4.79 Å². The molecule has 0 saturated carbocycles. The maximum absolute atomic E-state index is 10.9. The first-order valence-corrected chi connectivity index (χ1v) is 6.70. The van der Waals surface area contributed by atoms with Crippen molar-refractivity contribution in [2.24, 2.45) is 0 Å². The molecule has 0 unspecified atom stereocenters. The van der Waals surface area contributed by atoms with E-state index in [1.165, 1.54) is 0 Å². The standard InChI is InChI=1S/C18H11NO2/c20-11-12-9-10-17(21-12)18-13-5-1-3-7-15(13)19-16-8-4-2-6-14(16)18/h1-11H. The highest BCUT2D eigenvalue weighted by atomic mass is 16.3. The average molecular weight is 273 g/mol. The van der Waals surface area contributed by atoms with Gasteiger partial charge in [-0.05, 0) is 24.3 Å². The van der Waals surface area contributed by atoms with Gasteiger partial charge in [-0.1, -0.05) is 36.4 Å². The number of nitrogens with zero attached hydrogens (tertiary/aromatic N) is 1. The summed E-state index contributed by atoms with van der Waals surface area (Å²) < 4.78 is 5.64. The Hall–Kier alpha value is -2.94. The first-order chi connectivity index (χ1) is 10.4. The molecule has 3 heteroatoms. The Kier molecular flexibility index (Phi) is 2.57. The molecule has 0 atom stereocenters. The second-order valence-corrected chi connectivity index (χ2v) is 4.84. The highest BCUT2D eigenvalue weighted by Gasteiger charge is 2.13. The number of rotatable bonds is 2. The number of benzene rings is 2. The molecule has 4 rings (SSSR count). The van der Waals surface area contributed by atoms with Crippen molar-refractivity contribution in [3.63, 3.8) is 0 Å². The molecule has 100 valence electrons. The Morgan fingerprint density at radius 1 is 0.810 bits per heavy atom. The molecule has 0 aliphatic carbocycles. The van der Waals surface area contributed by atoms with E-state index in [-0.39, 0.29) is 0 Å². The molecular weight excluding hydrogens is 262 g/mol. The van der Waals surface area contributed by atoms with Crippen LogP contribution in [0, 0.1) is 0 Å². The number of carbonyl (C=O) groups excluding carboxylic acids is 1. The molecule has 0 spiro atoms. The number of hydrogen-bond acceptors (Lipinski definition) is 3. The maximum Gasteiger partial charge on any atom is 0.185 e. The zero-order valence-electron chi connectivity index (χ0n) is 11.1. The van der Waals surface area contributed by atoms with Gasteiger partial charge in [0, 0.05) is 16.3 Å². The van der Waals surface area contributed by atoms with Crippen molar-refractivity contribution < 1.29 is 9.21 Å². The zero-order chi connectivity index (χ0) is 14.2. The number of hydrogen-bond donors (Lipinski definition) is 0. The molecule has 4 aromatic rings. The van der Waals surface area contributed by atoms with Gasteiger partial charge >= 0.3 is 0 Å². The SMILES string of the molecule is O=Cc1ccc(-c2c3ccccc3nc3ccccc23)o1. The summed E-state index contributed by atoms with van der Waals surface area (Å²) in [6.07, 6.45) is 0.717. The summed E-state index contributed by atoms with van der Waals surface area (Å²) in [7, 11) is 0. The summed E-state index contributed by atoms with van der Waals surface area (Å²) in [4.78, 5) is 15.6. The van der Waals surface area contributed by atoms with Gasteiger partial charge in [-0.25, -0.2) is 4.98 Å². The summed E-state index contributed by atoms with van der Waals surface area (Å²) in [6, 6.07) is 19.4. The molecule has 0 bridgehead atoms. The van der Waals surface area contributed by atoms with Gasteiger partial charge in [0.1, 0.15) is 5.76 Å². The molecule has 21 heavy (non-hydrogen) atoms. The molecule has 0 amide bonds. The number of aromatic nitrogens is 1. The Morgan fingerprint density at radius 2 is 1.43 bits per heavy atom. The highest BCUT2D eigenvalue weighted by Crippen LogP contribution is 2.35. The molecular formula is C18H11NO2. The number of pyridine rings is 1. The van der Waals surface area contributed by atoms with E-state index in [1.54, 1.807) is 6.07 Å². The second kappa shape index (κ2) is 4.56. The first kappa shape index (κ1) is 11.9.